The van der Waals surface area contributed by atoms with Crippen LogP contribution in [0.2, 0.25) is 0 Å². The fourth-order valence-electron chi connectivity index (χ4n) is 5.15. The van der Waals surface area contributed by atoms with Gasteiger partial charge in [0.15, 0.2) is 0 Å². The van der Waals surface area contributed by atoms with Gasteiger partial charge in [-0.1, -0.05) is 26.2 Å². The van der Waals surface area contributed by atoms with E-state index in [-0.39, 0.29) is 0 Å². The van der Waals surface area contributed by atoms with E-state index in [1.54, 1.807) is 6.42 Å². The van der Waals surface area contributed by atoms with Gasteiger partial charge in [0.1, 0.15) is 0 Å². The number of likely N-dealkylation sites (N-methyl/N-ethyl adjacent to an activating group) is 1. The lowest BCUT2D eigenvalue weighted by atomic mass is 9.86. The Morgan fingerprint density at radius 3 is 2.60 bits per heavy atom. The molecule has 0 aromatic heterocycles. The summed E-state index contributed by atoms with van der Waals surface area (Å²) in [5.41, 5.74) is 0. The minimum Gasteiger partial charge on any atom is -0.312 e. The van der Waals surface area contributed by atoms with E-state index in [4.69, 9.17) is 0 Å². The molecule has 0 amide bonds. The SMILES string of the molecule is CC1CCCCC1NCCN(C)CC1CC2CCC1C2. The molecule has 0 aromatic rings. The Balaban J connectivity index is 1.32. The molecule has 1 N–H and O–H groups in total. The summed E-state index contributed by atoms with van der Waals surface area (Å²) in [4.78, 5) is 2.59. The molecule has 5 unspecified atom stereocenters. The molecule has 3 aliphatic carbocycles. The minimum atomic E-state index is 0.791. The first kappa shape index (κ1) is 14.8. The summed E-state index contributed by atoms with van der Waals surface area (Å²) in [5.74, 6) is 4.08. The molecule has 0 saturated heterocycles. The summed E-state index contributed by atoms with van der Waals surface area (Å²) in [6.45, 7) is 6.20. The van der Waals surface area contributed by atoms with Gasteiger partial charge in [0.05, 0.1) is 0 Å². The molecule has 116 valence electrons. The van der Waals surface area contributed by atoms with E-state index in [9.17, 15) is 0 Å². The molecule has 0 heterocycles. The number of rotatable bonds is 6. The maximum Gasteiger partial charge on any atom is 0.0104 e. The van der Waals surface area contributed by atoms with Gasteiger partial charge in [0.2, 0.25) is 0 Å². The average molecular weight is 278 g/mol. The first-order chi connectivity index (χ1) is 9.72. The lowest BCUT2D eigenvalue weighted by Crippen LogP contribution is -2.41. The van der Waals surface area contributed by atoms with Crippen LogP contribution in [0, 0.1) is 23.7 Å². The van der Waals surface area contributed by atoms with E-state index < -0.39 is 0 Å². The normalized spacial score (nSPS) is 40.6. The van der Waals surface area contributed by atoms with E-state index in [0.717, 1.165) is 29.7 Å². The van der Waals surface area contributed by atoms with Crippen molar-refractivity contribution < 1.29 is 0 Å². The minimum absolute atomic E-state index is 0.791. The molecule has 0 radical (unpaired) electrons. The number of nitrogens with zero attached hydrogens (tertiary/aromatic N) is 1. The van der Waals surface area contributed by atoms with Crippen LogP contribution in [0.1, 0.15) is 58.3 Å². The van der Waals surface area contributed by atoms with Crippen LogP contribution >= 0.6 is 0 Å². The van der Waals surface area contributed by atoms with Gasteiger partial charge in [0, 0.05) is 25.7 Å². The summed E-state index contributed by atoms with van der Waals surface area (Å²) in [7, 11) is 2.33. The van der Waals surface area contributed by atoms with E-state index in [2.05, 4.69) is 24.2 Å². The molecule has 0 aromatic carbocycles. The van der Waals surface area contributed by atoms with E-state index in [1.807, 2.05) is 0 Å². The van der Waals surface area contributed by atoms with Crippen molar-refractivity contribution in [3.63, 3.8) is 0 Å². The maximum atomic E-state index is 3.82. The molecular weight excluding hydrogens is 244 g/mol. The zero-order valence-corrected chi connectivity index (χ0v) is 13.6. The van der Waals surface area contributed by atoms with Gasteiger partial charge in [-0.25, -0.2) is 0 Å². The van der Waals surface area contributed by atoms with Gasteiger partial charge in [-0.15, -0.1) is 0 Å². The van der Waals surface area contributed by atoms with Crippen molar-refractivity contribution in [3.8, 4) is 0 Å². The molecule has 3 rings (SSSR count). The molecule has 3 saturated carbocycles. The van der Waals surface area contributed by atoms with Crippen LogP contribution in [0.4, 0.5) is 0 Å². The third-order valence-electron chi connectivity index (χ3n) is 6.44. The van der Waals surface area contributed by atoms with Crippen molar-refractivity contribution in [2.24, 2.45) is 23.7 Å². The second-order valence-electron chi connectivity index (χ2n) is 8.02. The third-order valence-corrected chi connectivity index (χ3v) is 6.44. The van der Waals surface area contributed by atoms with Crippen molar-refractivity contribution in [3.05, 3.63) is 0 Å². The molecule has 20 heavy (non-hydrogen) atoms. The second-order valence-corrected chi connectivity index (χ2v) is 8.02. The van der Waals surface area contributed by atoms with Crippen LogP contribution in [0.3, 0.4) is 0 Å². The Kier molecular flexibility index (Phi) is 5.04. The lowest BCUT2D eigenvalue weighted by molar-refractivity contribution is 0.210. The average Bonchev–Trinajstić information content (AvgIpc) is 3.03. The largest absolute Gasteiger partial charge is 0.312 e. The lowest BCUT2D eigenvalue weighted by Gasteiger charge is -2.31. The number of nitrogens with one attached hydrogen (secondary N) is 1. The van der Waals surface area contributed by atoms with Crippen LogP contribution in [0.5, 0.6) is 0 Å². The number of hydrogen-bond donors (Lipinski definition) is 1. The van der Waals surface area contributed by atoms with Gasteiger partial charge in [-0.3, -0.25) is 0 Å². The molecule has 5 atom stereocenters. The molecule has 3 aliphatic rings. The summed E-state index contributed by atoms with van der Waals surface area (Å²) >= 11 is 0. The molecule has 0 aliphatic heterocycles. The first-order valence-corrected chi connectivity index (χ1v) is 9.14. The van der Waals surface area contributed by atoms with Crippen LogP contribution in [-0.4, -0.2) is 37.6 Å². The third kappa shape index (κ3) is 3.57. The smallest absolute Gasteiger partial charge is 0.0104 e. The van der Waals surface area contributed by atoms with Crippen LogP contribution in [0.15, 0.2) is 0 Å². The summed E-state index contributed by atoms with van der Waals surface area (Å²) in [6.07, 6.45) is 11.9. The standard InChI is InChI=1S/C18H34N2/c1-14-5-3-4-6-18(14)19-9-10-20(2)13-17-12-15-7-8-16(17)11-15/h14-19H,3-13H2,1-2H3. The maximum absolute atomic E-state index is 3.82. The Bertz CT molecular complexity index is 304. The van der Waals surface area contributed by atoms with Crippen LogP contribution in [-0.2, 0) is 0 Å². The summed E-state index contributed by atoms with van der Waals surface area (Å²) < 4.78 is 0. The van der Waals surface area contributed by atoms with Gasteiger partial charge in [-0.2, -0.15) is 0 Å². The van der Waals surface area contributed by atoms with Gasteiger partial charge < -0.3 is 10.2 Å². The highest BCUT2D eigenvalue weighted by atomic mass is 15.1. The summed E-state index contributed by atoms with van der Waals surface area (Å²) in [5, 5.41) is 3.82. The van der Waals surface area contributed by atoms with Crippen molar-refractivity contribution in [1.29, 1.82) is 0 Å². The van der Waals surface area contributed by atoms with E-state index in [0.29, 0.717) is 0 Å². The quantitative estimate of drug-likeness (QED) is 0.799. The first-order valence-electron chi connectivity index (χ1n) is 9.14. The van der Waals surface area contributed by atoms with Gasteiger partial charge in [-0.05, 0) is 62.8 Å². The Morgan fingerprint density at radius 1 is 1.05 bits per heavy atom. The Labute approximate surface area is 125 Å². The fraction of sp³-hybridized carbons (Fsp3) is 1.00. The number of hydrogen-bond acceptors (Lipinski definition) is 2. The van der Waals surface area contributed by atoms with Gasteiger partial charge >= 0.3 is 0 Å². The van der Waals surface area contributed by atoms with E-state index >= 15 is 0 Å². The highest BCUT2D eigenvalue weighted by Gasteiger charge is 2.39. The highest BCUT2D eigenvalue weighted by Crippen LogP contribution is 2.48. The van der Waals surface area contributed by atoms with Crippen LogP contribution < -0.4 is 5.32 Å². The molecule has 2 heteroatoms. The monoisotopic (exact) mass is 278 g/mol. The summed E-state index contributed by atoms with van der Waals surface area (Å²) in [6, 6.07) is 0.791. The van der Waals surface area contributed by atoms with Crippen molar-refractivity contribution in [1.82, 2.24) is 10.2 Å². The second kappa shape index (κ2) is 6.79. The highest BCUT2D eigenvalue weighted by molar-refractivity contribution is 4.91. The Hall–Kier alpha value is -0.0800. The van der Waals surface area contributed by atoms with Gasteiger partial charge in [0.25, 0.3) is 0 Å². The fourth-order valence-corrected chi connectivity index (χ4v) is 5.15. The topological polar surface area (TPSA) is 15.3 Å². The zero-order valence-electron chi connectivity index (χ0n) is 13.6. The van der Waals surface area contributed by atoms with E-state index in [1.165, 1.54) is 64.6 Å². The number of fused-ring (bicyclic) bond motifs is 2. The van der Waals surface area contributed by atoms with Crippen molar-refractivity contribution in [2.75, 3.05) is 26.7 Å². The Morgan fingerprint density at radius 2 is 1.90 bits per heavy atom. The molecular formula is C18H34N2. The molecule has 2 bridgehead atoms. The van der Waals surface area contributed by atoms with Crippen LogP contribution in [0.25, 0.3) is 0 Å². The molecule has 0 spiro atoms. The molecule has 3 fully saturated rings. The van der Waals surface area contributed by atoms with Crippen molar-refractivity contribution >= 4 is 0 Å². The predicted molar refractivity (Wildman–Crippen MR) is 85.9 cm³/mol. The molecule has 2 nitrogen and oxygen atoms in total. The predicted octanol–water partition coefficient (Wildman–Crippen LogP) is 3.52. The van der Waals surface area contributed by atoms with Crippen molar-refractivity contribution in [2.45, 2.75) is 64.3 Å². The zero-order chi connectivity index (χ0) is 13.9.